The molecular formula is C16H22Cl2N4O2. The largest absolute Gasteiger partial charge is 0.355 e. The fourth-order valence-electron chi connectivity index (χ4n) is 2.95. The number of amides is 1. The number of nitrogens with two attached hydrogens (primary N) is 1. The molecule has 1 aliphatic rings. The van der Waals surface area contributed by atoms with Crippen LogP contribution in [-0.4, -0.2) is 28.6 Å². The lowest BCUT2D eigenvalue weighted by Crippen LogP contribution is -2.44. The molecule has 1 aliphatic carbocycles. The Morgan fingerprint density at radius 2 is 2.12 bits per heavy atom. The molecule has 1 saturated carbocycles. The van der Waals surface area contributed by atoms with Crippen LogP contribution in [0.1, 0.15) is 36.2 Å². The number of nitrogens with zero attached hydrogens (tertiary/aromatic N) is 2. The number of rotatable bonds is 4. The molecule has 0 saturated heterocycles. The predicted molar refractivity (Wildman–Crippen MR) is 96.5 cm³/mol. The van der Waals surface area contributed by atoms with Crippen molar-refractivity contribution in [2.75, 3.05) is 6.54 Å². The summed E-state index contributed by atoms with van der Waals surface area (Å²) >= 11 is 0. The van der Waals surface area contributed by atoms with Crippen LogP contribution in [-0.2, 0) is 0 Å². The van der Waals surface area contributed by atoms with Gasteiger partial charge in [0, 0.05) is 30.1 Å². The lowest BCUT2D eigenvalue weighted by Gasteiger charge is -2.30. The molecule has 0 radical (unpaired) electrons. The molecule has 3 rings (SSSR count). The Hall–Kier alpha value is -1.63. The van der Waals surface area contributed by atoms with Crippen molar-refractivity contribution in [1.29, 1.82) is 0 Å². The first-order valence-corrected chi connectivity index (χ1v) is 7.66. The molecule has 0 aliphatic heterocycles. The zero-order valence-electron chi connectivity index (χ0n) is 13.2. The lowest BCUT2D eigenvalue weighted by atomic mass is 9.84. The zero-order chi connectivity index (χ0) is 15.4. The first kappa shape index (κ1) is 20.4. The van der Waals surface area contributed by atoms with E-state index in [-0.39, 0.29) is 36.8 Å². The smallest absolute Gasteiger partial charge is 0.273 e. The third kappa shape index (κ3) is 4.69. The number of pyridine rings is 1. The van der Waals surface area contributed by atoms with Crippen LogP contribution in [0.3, 0.4) is 0 Å². The molecule has 0 bridgehead atoms. The summed E-state index contributed by atoms with van der Waals surface area (Å²) in [6.45, 7) is 0.602. The van der Waals surface area contributed by atoms with E-state index in [1.165, 1.54) is 6.42 Å². The highest BCUT2D eigenvalue weighted by Crippen LogP contribution is 2.24. The highest BCUT2D eigenvalue weighted by atomic mass is 35.5. The van der Waals surface area contributed by atoms with Gasteiger partial charge >= 0.3 is 0 Å². The van der Waals surface area contributed by atoms with Crippen molar-refractivity contribution in [2.45, 2.75) is 31.7 Å². The molecule has 2 aromatic heterocycles. The van der Waals surface area contributed by atoms with Gasteiger partial charge in [-0.25, -0.2) is 0 Å². The standard InChI is InChI=1S/C16H20N4O2.2ClH/c17-9-11-4-1-2-6-13(11)19-16(21)14-8-15(22-20-14)12-5-3-7-18-10-12;;/h3,5,7-8,10-11,13H,1-2,4,6,9,17H2,(H,19,21);2*1H. The van der Waals surface area contributed by atoms with Gasteiger partial charge in [0.1, 0.15) is 0 Å². The van der Waals surface area contributed by atoms with E-state index >= 15 is 0 Å². The Labute approximate surface area is 153 Å². The van der Waals surface area contributed by atoms with Crippen molar-refractivity contribution in [3.8, 4) is 11.3 Å². The molecule has 8 heteroatoms. The summed E-state index contributed by atoms with van der Waals surface area (Å²) in [4.78, 5) is 16.4. The van der Waals surface area contributed by atoms with Crippen LogP contribution in [0.5, 0.6) is 0 Å². The van der Waals surface area contributed by atoms with E-state index in [0.29, 0.717) is 23.9 Å². The Bertz CT molecular complexity index is 636. The molecule has 0 spiro atoms. The molecule has 1 amide bonds. The van der Waals surface area contributed by atoms with E-state index in [4.69, 9.17) is 10.3 Å². The molecule has 2 heterocycles. The summed E-state index contributed by atoms with van der Waals surface area (Å²) in [6.07, 6.45) is 7.71. The molecule has 2 atom stereocenters. The Kier molecular flexibility index (Phi) is 8.18. The second-order valence-electron chi connectivity index (χ2n) is 5.68. The minimum atomic E-state index is -0.204. The van der Waals surface area contributed by atoms with Gasteiger partial charge in [-0.05, 0) is 37.4 Å². The van der Waals surface area contributed by atoms with Gasteiger partial charge in [0.2, 0.25) is 0 Å². The SMILES string of the molecule is Cl.Cl.NCC1CCCCC1NC(=O)c1cc(-c2cccnc2)on1. The quantitative estimate of drug-likeness (QED) is 0.860. The first-order chi connectivity index (χ1) is 10.8. The maximum Gasteiger partial charge on any atom is 0.273 e. The number of hydrogen-bond donors (Lipinski definition) is 2. The van der Waals surface area contributed by atoms with Crippen molar-refractivity contribution in [1.82, 2.24) is 15.5 Å². The monoisotopic (exact) mass is 372 g/mol. The van der Waals surface area contributed by atoms with Gasteiger partial charge < -0.3 is 15.6 Å². The van der Waals surface area contributed by atoms with Crippen LogP contribution in [0, 0.1) is 5.92 Å². The Balaban J connectivity index is 0.00000144. The van der Waals surface area contributed by atoms with E-state index in [0.717, 1.165) is 24.8 Å². The number of nitrogens with one attached hydrogen (secondary N) is 1. The van der Waals surface area contributed by atoms with Crippen molar-refractivity contribution in [3.63, 3.8) is 0 Å². The molecule has 24 heavy (non-hydrogen) atoms. The van der Waals surface area contributed by atoms with Gasteiger partial charge in [0.25, 0.3) is 5.91 Å². The second kappa shape index (κ2) is 9.61. The van der Waals surface area contributed by atoms with Crippen LogP contribution < -0.4 is 11.1 Å². The molecule has 6 nitrogen and oxygen atoms in total. The maximum absolute atomic E-state index is 12.3. The Morgan fingerprint density at radius 3 is 2.83 bits per heavy atom. The summed E-state index contributed by atoms with van der Waals surface area (Å²) in [5.41, 5.74) is 6.89. The second-order valence-corrected chi connectivity index (χ2v) is 5.68. The van der Waals surface area contributed by atoms with Crippen LogP contribution in [0.15, 0.2) is 35.1 Å². The topological polar surface area (TPSA) is 94.0 Å². The van der Waals surface area contributed by atoms with Crippen LogP contribution in [0.25, 0.3) is 11.3 Å². The average molecular weight is 373 g/mol. The van der Waals surface area contributed by atoms with Crippen molar-refractivity contribution in [3.05, 3.63) is 36.3 Å². The van der Waals surface area contributed by atoms with Crippen LogP contribution >= 0.6 is 24.8 Å². The minimum Gasteiger partial charge on any atom is -0.355 e. The molecular weight excluding hydrogens is 351 g/mol. The molecule has 3 N–H and O–H groups in total. The lowest BCUT2D eigenvalue weighted by molar-refractivity contribution is 0.0899. The van der Waals surface area contributed by atoms with E-state index in [9.17, 15) is 4.79 Å². The summed E-state index contributed by atoms with van der Waals surface area (Å²) in [5.74, 6) is 0.684. The molecule has 1 fully saturated rings. The summed E-state index contributed by atoms with van der Waals surface area (Å²) in [7, 11) is 0. The molecule has 0 aromatic carbocycles. The molecule has 2 aromatic rings. The van der Waals surface area contributed by atoms with E-state index < -0.39 is 0 Å². The fourth-order valence-corrected chi connectivity index (χ4v) is 2.95. The highest BCUT2D eigenvalue weighted by molar-refractivity contribution is 5.93. The van der Waals surface area contributed by atoms with Gasteiger partial charge in [-0.3, -0.25) is 9.78 Å². The Morgan fingerprint density at radius 1 is 1.33 bits per heavy atom. The van der Waals surface area contributed by atoms with Gasteiger partial charge in [-0.1, -0.05) is 18.0 Å². The highest BCUT2D eigenvalue weighted by Gasteiger charge is 2.26. The predicted octanol–water partition coefficient (Wildman–Crippen LogP) is 2.83. The third-order valence-corrected chi connectivity index (χ3v) is 4.22. The van der Waals surface area contributed by atoms with Crippen molar-refractivity contribution < 1.29 is 9.32 Å². The van der Waals surface area contributed by atoms with E-state index in [1.54, 1.807) is 18.5 Å². The van der Waals surface area contributed by atoms with Gasteiger partial charge in [-0.2, -0.15) is 0 Å². The molecule has 2 unspecified atom stereocenters. The maximum atomic E-state index is 12.3. The number of halogens is 2. The van der Waals surface area contributed by atoms with Crippen LogP contribution in [0.2, 0.25) is 0 Å². The number of carbonyl (C=O) groups is 1. The van der Waals surface area contributed by atoms with E-state index in [2.05, 4.69) is 15.5 Å². The fraction of sp³-hybridized carbons (Fsp3) is 0.438. The number of aromatic nitrogens is 2. The molecule has 132 valence electrons. The zero-order valence-corrected chi connectivity index (χ0v) is 14.8. The third-order valence-electron chi connectivity index (χ3n) is 4.22. The number of hydrogen-bond acceptors (Lipinski definition) is 5. The van der Waals surface area contributed by atoms with E-state index in [1.807, 2.05) is 12.1 Å². The van der Waals surface area contributed by atoms with Crippen molar-refractivity contribution >= 4 is 30.7 Å². The van der Waals surface area contributed by atoms with Gasteiger partial charge in [-0.15, -0.1) is 24.8 Å². The normalized spacial score (nSPS) is 19.7. The van der Waals surface area contributed by atoms with Gasteiger partial charge in [0.15, 0.2) is 11.5 Å². The minimum absolute atomic E-state index is 0. The summed E-state index contributed by atoms with van der Waals surface area (Å²) in [6, 6.07) is 5.45. The van der Waals surface area contributed by atoms with Crippen molar-refractivity contribution in [2.24, 2.45) is 11.7 Å². The summed E-state index contributed by atoms with van der Waals surface area (Å²) in [5, 5.41) is 6.91. The summed E-state index contributed by atoms with van der Waals surface area (Å²) < 4.78 is 5.24. The average Bonchev–Trinajstić information content (AvgIpc) is 3.06. The first-order valence-electron chi connectivity index (χ1n) is 7.66. The van der Waals surface area contributed by atoms with Crippen LogP contribution in [0.4, 0.5) is 0 Å². The van der Waals surface area contributed by atoms with Gasteiger partial charge in [0.05, 0.1) is 0 Å². The number of carbonyl (C=O) groups excluding carboxylic acids is 1.